The molecule has 1 heterocycles. The average molecular weight is 436 g/mol. The maximum Gasteiger partial charge on any atom is 0.271 e. The standard InChI is InChI=1S/C22H17N3O3S2/c26-25(27)18-11-12-19-20(13-18)24(22(29)23-19)14-21(17-9-5-2-6-10-17)30(28)15-16-7-3-1-4-8-16/h1-14H,15H2,(H,23,29)/b21-14+/t30-/m1/s1. The van der Waals surface area contributed by atoms with Gasteiger partial charge in [0, 0.05) is 18.3 Å². The first-order valence-electron chi connectivity index (χ1n) is 9.11. The predicted molar refractivity (Wildman–Crippen MR) is 123 cm³/mol. The van der Waals surface area contributed by atoms with Crippen LogP contribution in [0.2, 0.25) is 0 Å². The first kappa shape index (κ1) is 19.9. The van der Waals surface area contributed by atoms with Gasteiger partial charge < -0.3 is 4.98 Å². The Morgan fingerprint density at radius 3 is 2.40 bits per heavy atom. The number of nitro benzene ring substituents is 1. The van der Waals surface area contributed by atoms with Crippen molar-refractivity contribution in [2.45, 2.75) is 5.75 Å². The number of aromatic amines is 1. The van der Waals surface area contributed by atoms with Crippen LogP contribution >= 0.6 is 12.2 Å². The number of fused-ring (bicyclic) bond motifs is 1. The van der Waals surface area contributed by atoms with E-state index in [1.54, 1.807) is 16.8 Å². The van der Waals surface area contributed by atoms with Crippen LogP contribution in [-0.4, -0.2) is 18.7 Å². The largest absolute Gasteiger partial charge is 0.330 e. The van der Waals surface area contributed by atoms with E-state index in [1.807, 2.05) is 60.7 Å². The smallest absolute Gasteiger partial charge is 0.271 e. The zero-order chi connectivity index (χ0) is 21.1. The summed E-state index contributed by atoms with van der Waals surface area (Å²) in [5.41, 5.74) is 2.94. The van der Waals surface area contributed by atoms with Crippen LogP contribution in [0.3, 0.4) is 0 Å². The van der Waals surface area contributed by atoms with Crippen molar-refractivity contribution < 1.29 is 9.13 Å². The van der Waals surface area contributed by atoms with E-state index < -0.39 is 15.7 Å². The van der Waals surface area contributed by atoms with Crippen molar-refractivity contribution >= 4 is 50.8 Å². The Labute approximate surface area is 180 Å². The lowest BCUT2D eigenvalue weighted by Gasteiger charge is -2.09. The second-order valence-corrected chi connectivity index (χ2v) is 8.40. The molecule has 6 nitrogen and oxygen atoms in total. The number of H-pyrrole nitrogens is 1. The Bertz CT molecular complexity index is 1330. The van der Waals surface area contributed by atoms with E-state index in [0.29, 0.717) is 26.5 Å². The maximum absolute atomic E-state index is 13.3. The predicted octanol–water partition coefficient (Wildman–Crippen LogP) is 5.51. The Morgan fingerprint density at radius 2 is 1.73 bits per heavy atom. The Kier molecular flexibility index (Phi) is 5.69. The summed E-state index contributed by atoms with van der Waals surface area (Å²) in [6.07, 6.45) is 1.71. The van der Waals surface area contributed by atoms with Gasteiger partial charge in [-0.05, 0) is 29.4 Å². The molecule has 0 saturated carbocycles. The van der Waals surface area contributed by atoms with Crippen molar-refractivity contribution in [1.29, 1.82) is 0 Å². The number of imidazole rings is 1. The van der Waals surface area contributed by atoms with Gasteiger partial charge in [-0.3, -0.25) is 18.9 Å². The van der Waals surface area contributed by atoms with Crippen molar-refractivity contribution in [3.8, 4) is 0 Å². The number of benzene rings is 3. The molecule has 8 heteroatoms. The molecular formula is C22H17N3O3S2. The normalized spacial score (nSPS) is 12.7. The molecule has 0 unspecified atom stereocenters. The molecule has 0 amide bonds. The molecule has 1 N–H and O–H groups in total. The minimum atomic E-state index is -1.36. The Balaban J connectivity index is 1.86. The van der Waals surface area contributed by atoms with Gasteiger partial charge in [0.1, 0.15) is 0 Å². The molecule has 0 aliphatic heterocycles. The highest BCUT2D eigenvalue weighted by Crippen LogP contribution is 2.26. The fourth-order valence-electron chi connectivity index (χ4n) is 3.14. The van der Waals surface area contributed by atoms with Gasteiger partial charge in [-0.2, -0.15) is 0 Å². The third-order valence-electron chi connectivity index (χ3n) is 4.60. The lowest BCUT2D eigenvalue weighted by Crippen LogP contribution is -2.01. The van der Waals surface area contributed by atoms with Gasteiger partial charge in [-0.1, -0.05) is 60.7 Å². The van der Waals surface area contributed by atoms with Crippen LogP contribution in [0.15, 0.2) is 78.9 Å². The molecule has 4 rings (SSSR count). The summed E-state index contributed by atoms with van der Waals surface area (Å²) >= 11 is 5.44. The topological polar surface area (TPSA) is 80.9 Å². The van der Waals surface area contributed by atoms with E-state index >= 15 is 0 Å². The number of hydrogen-bond acceptors (Lipinski definition) is 4. The molecule has 0 aliphatic rings. The highest BCUT2D eigenvalue weighted by atomic mass is 32.2. The molecule has 30 heavy (non-hydrogen) atoms. The number of nitro groups is 1. The molecule has 1 atom stereocenters. The van der Waals surface area contributed by atoms with E-state index in [0.717, 1.165) is 11.1 Å². The zero-order valence-corrected chi connectivity index (χ0v) is 17.4. The number of nitrogens with one attached hydrogen (secondary N) is 1. The fraction of sp³-hybridized carbons (Fsp3) is 0.0455. The van der Waals surface area contributed by atoms with Crippen LogP contribution in [0.25, 0.3) is 22.1 Å². The molecule has 3 aromatic carbocycles. The molecular weight excluding hydrogens is 418 g/mol. The van der Waals surface area contributed by atoms with Crippen LogP contribution in [0.5, 0.6) is 0 Å². The molecule has 0 spiro atoms. The van der Waals surface area contributed by atoms with Crippen molar-refractivity contribution in [1.82, 2.24) is 9.55 Å². The van der Waals surface area contributed by atoms with E-state index in [2.05, 4.69) is 4.98 Å². The van der Waals surface area contributed by atoms with Crippen LogP contribution in [0.4, 0.5) is 5.69 Å². The average Bonchev–Trinajstić information content (AvgIpc) is 3.07. The van der Waals surface area contributed by atoms with Crippen LogP contribution < -0.4 is 0 Å². The highest BCUT2D eigenvalue weighted by molar-refractivity contribution is 7.94. The minimum absolute atomic E-state index is 0.0367. The number of hydrogen-bond donors (Lipinski definition) is 1. The molecule has 4 aromatic rings. The summed E-state index contributed by atoms with van der Waals surface area (Å²) in [5.74, 6) is 0.345. The van der Waals surface area contributed by atoms with Gasteiger partial charge in [0.05, 0.1) is 37.4 Å². The summed E-state index contributed by atoms with van der Waals surface area (Å²) < 4.78 is 15.4. The van der Waals surface area contributed by atoms with Crippen LogP contribution in [0, 0.1) is 14.9 Å². The number of aromatic nitrogens is 2. The fourth-order valence-corrected chi connectivity index (χ4v) is 4.67. The van der Waals surface area contributed by atoms with Crippen LogP contribution in [0.1, 0.15) is 11.1 Å². The number of nitrogens with zero attached hydrogens (tertiary/aromatic N) is 2. The first-order valence-corrected chi connectivity index (χ1v) is 10.8. The summed E-state index contributed by atoms with van der Waals surface area (Å²) in [6.45, 7) is 0. The number of non-ortho nitro benzene ring substituents is 1. The van der Waals surface area contributed by atoms with Crippen molar-refractivity contribution in [3.63, 3.8) is 0 Å². The lowest BCUT2D eigenvalue weighted by molar-refractivity contribution is -0.384. The molecule has 1 aromatic heterocycles. The van der Waals surface area contributed by atoms with Crippen LogP contribution in [-0.2, 0) is 16.6 Å². The summed E-state index contributed by atoms with van der Waals surface area (Å²) in [5, 5.41) is 11.2. The molecule has 0 radical (unpaired) electrons. The maximum atomic E-state index is 13.3. The first-order chi connectivity index (χ1) is 14.5. The zero-order valence-electron chi connectivity index (χ0n) is 15.7. The summed E-state index contributed by atoms with van der Waals surface area (Å²) in [4.78, 5) is 14.4. The quantitative estimate of drug-likeness (QED) is 0.246. The monoisotopic (exact) mass is 435 g/mol. The SMILES string of the molecule is O=[N+]([O-])c1ccc2[nH]c(=S)n(/C=C(\c3ccccc3)[S@](=O)Cc3ccccc3)c2c1. The summed E-state index contributed by atoms with van der Waals surface area (Å²) in [7, 11) is -1.36. The molecule has 0 bridgehead atoms. The molecule has 0 aliphatic carbocycles. The number of rotatable bonds is 6. The van der Waals surface area contributed by atoms with E-state index in [9.17, 15) is 14.3 Å². The Hall–Kier alpha value is -3.36. The van der Waals surface area contributed by atoms with Gasteiger partial charge in [-0.15, -0.1) is 0 Å². The van der Waals surface area contributed by atoms with Gasteiger partial charge in [0.15, 0.2) is 4.77 Å². The van der Waals surface area contributed by atoms with E-state index in [-0.39, 0.29) is 5.69 Å². The summed E-state index contributed by atoms with van der Waals surface area (Å²) in [6, 6.07) is 23.5. The van der Waals surface area contributed by atoms with E-state index in [1.165, 1.54) is 12.1 Å². The third-order valence-corrected chi connectivity index (χ3v) is 6.33. The second-order valence-electron chi connectivity index (χ2n) is 6.59. The molecule has 0 saturated heterocycles. The molecule has 0 fully saturated rings. The van der Waals surface area contributed by atoms with E-state index in [4.69, 9.17) is 12.2 Å². The minimum Gasteiger partial charge on any atom is -0.330 e. The third kappa shape index (κ3) is 4.14. The van der Waals surface area contributed by atoms with Gasteiger partial charge in [0.2, 0.25) is 0 Å². The second kappa shape index (κ2) is 8.56. The van der Waals surface area contributed by atoms with Crippen molar-refractivity contribution in [2.75, 3.05) is 0 Å². The van der Waals surface area contributed by atoms with Crippen molar-refractivity contribution in [3.05, 3.63) is 105 Å². The van der Waals surface area contributed by atoms with Gasteiger partial charge >= 0.3 is 0 Å². The van der Waals surface area contributed by atoms with Crippen molar-refractivity contribution in [2.24, 2.45) is 0 Å². The van der Waals surface area contributed by atoms with Gasteiger partial charge in [0.25, 0.3) is 5.69 Å². The van der Waals surface area contributed by atoms with Gasteiger partial charge in [-0.25, -0.2) is 0 Å². The molecule has 150 valence electrons. The Morgan fingerprint density at radius 1 is 1.07 bits per heavy atom. The highest BCUT2D eigenvalue weighted by Gasteiger charge is 2.15. The lowest BCUT2D eigenvalue weighted by atomic mass is 10.2.